The van der Waals surface area contributed by atoms with E-state index in [-0.39, 0.29) is 0 Å². The molecule has 0 amide bonds. The highest BCUT2D eigenvalue weighted by molar-refractivity contribution is 5.67. The zero-order valence-electron chi connectivity index (χ0n) is 7.15. The van der Waals surface area contributed by atoms with Crippen LogP contribution in [-0.4, -0.2) is 9.91 Å². The van der Waals surface area contributed by atoms with Crippen LogP contribution in [0.25, 0.3) is 0 Å². The molecule has 1 aromatic heterocycles. The number of alkyl halides is 2. The molecule has 0 aliphatic carbocycles. The number of nitrogen functional groups attached to an aromatic ring is 1. The van der Waals surface area contributed by atoms with Gasteiger partial charge < -0.3 is 5.73 Å². The number of aromatic nitrogens is 1. The van der Waals surface area contributed by atoms with E-state index < -0.39 is 34.0 Å². The predicted molar refractivity (Wildman–Crippen MR) is 45.0 cm³/mol. The highest BCUT2D eigenvalue weighted by Crippen LogP contribution is 2.32. The summed E-state index contributed by atoms with van der Waals surface area (Å²) in [5.41, 5.74) is 2.20. The van der Waals surface area contributed by atoms with Crippen LogP contribution in [0.4, 0.5) is 20.2 Å². The summed E-state index contributed by atoms with van der Waals surface area (Å²) in [6.45, 7) is 0. The average molecular weight is 214 g/mol. The van der Waals surface area contributed by atoms with Gasteiger partial charge in [-0.05, 0) is 0 Å². The van der Waals surface area contributed by atoms with Gasteiger partial charge in [-0.1, -0.05) is 0 Å². The first kappa shape index (κ1) is 10.8. The number of rotatable bonds is 2. The second-order valence-corrected chi connectivity index (χ2v) is 2.49. The van der Waals surface area contributed by atoms with E-state index >= 15 is 0 Å². The van der Waals surface area contributed by atoms with Crippen molar-refractivity contribution in [3.05, 3.63) is 27.6 Å². The molecule has 0 saturated heterocycles. The zero-order chi connectivity index (χ0) is 11.6. The number of nitro groups is 1. The zero-order valence-corrected chi connectivity index (χ0v) is 7.15. The van der Waals surface area contributed by atoms with Gasteiger partial charge in [0, 0.05) is 0 Å². The minimum atomic E-state index is -3.02. The minimum Gasteiger partial charge on any atom is -0.391 e. The van der Waals surface area contributed by atoms with E-state index in [0.29, 0.717) is 6.20 Å². The molecule has 78 valence electrons. The van der Waals surface area contributed by atoms with Crippen LogP contribution in [0, 0.1) is 21.4 Å². The van der Waals surface area contributed by atoms with E-state index in [2.05, 4.69) is 4.98 Å². The number of anilines is 1. The predicted octanol–water partition coefficient (Wildman–Crippen LogP) is 1.38. The summed E-state index contributed by atoms with van der Waals surface area (Å²) in [6, 6.07) is 1.45. The lowest BCUT2D eigenvalue weighted by Gasteiger charge is -2.04. The number of nitriles is 1. The molecular weight excluding hydrogens is 210 g/mol. The summed E-state index contributed by atoms with van der Waals surface area (Å²) in [5, 5.41) is 19.0. The van der Waals surface area contributed by atoms with E-state index in [4.69, 9.17) is 11.0 Å². The second-order valence-electron chi connectivity index (χ2n) is 2.49. The Morgan fingerprint density at radius 1 is 1.67 bits per heavy atom. The normalized spacial score (nSPS) is 10.0. The Hall–Kier alpha value is -2.30. The lowest BCUT2D eigenvalue weighted by molar-refractivity contribution is -0.384. The number of nitrogens with zero attached hydrogens (tertiary/aromatic N) is 3. The highest BCUT2D eigenvalue weighted by Gasteiger charge is 2.26. The fourth-order valence-electron chi connectivity index (χ4n) is 0.984. The van der Waals surface area contributed by atoms with Gasteiger partial charge in [-0.15, -0.1) is 0 Å². The van der Waals surface area contributed by atoms with Gasteiger partial charge in [0.1, 0.15) is 17.5 Å². The van der Waals surface area contributed by atoms with E-state index in [0.717, 1.165) is 0 Å². The number of hydrogen-bond acceptors (Lipinski definition) is 5. The molecule has 1 rings (SSSR count). The fraction of sp³-hybridized carbons (Fsp3) is 0.143. The topological polar surface area (TPSA) is 106 Å². The molecular formula is C7H4F2N4O2. The van der Waals surface area contributed by atoms with Crippen molar-refractivity contribution >= 4 is 11.4 Å². The summed E-state index contributed by atoms with van der Waals surface area (Å²) >= 11 is 0. The van der Waals surface area contributed by atoms with Crippen molar-refractivity contribution in [3.8, 4) is 6.07 Å². The lowest BCUT2D eigenvalue weighted by atomic mass is 10.2. The molecule has 0 aromatic carbocycles. The molecule has 1 aromatic rings. The van der Waals surface area contributed by atoms with Crippen LogP contribution >= 0.6 is 0 Å². The number of halogens is 2. The SMILES string of the molecule is N#Cc1cnc(C(F)F)c(N)c1[N+](=O)[O-]. The van der Waals surface area contributed by atoms with Crippen LogP contribution in [0.5, 0.6) is 0 Å². The molecule has 0 atom stereocenters. The number of pyridine rings is 1. The van der Waals surface area contributed by atoms with Crippen molar-refractivity contribution in [2.24, 2.45) is 0 Å². The van der Waals surface area contributed by atoms with Gasteiger partial charge in [-0.25, -0.2) is 8.78 Å². The minimum absolute atomic E-state index is 0.443. The molecule has 1 heterocycles. The fourth-order valence-corrected chi connectivity index (χ4v) is 0.984. The quantitative estimate of drug-likeness (QED) is 0.591. The first-order chi connectivity index (χ1) is 6.99. The van der Waals surface area contributed by atoms with E-state index in [9.17, 15) is 18.9 Å². The van der Waals surface area contributed by atoms with Crippen molar-refractivity contribution in [3.63, 3.8) is 0 Å². The first-order valence-electron chi connectivity index (χ1n) is 3.60. The molecule has 0 spiro atoms. The smallest absolute Gasteiger partial charge is 0.313 e. The van der Waals surface area contributed by atoms with E-state index in [1.165, 1.54) is 6.07 Å². The van der Waals surface area contributed by atoms with Crippen LogP contribution in [0.1, 0.15) is 17.7 Å². The maximum absolute atomic E-state index is 12.3. The lowest BCUT2D eigenvalue weighted by Crippen LogP contribution is -2.05. The Morgan fingerprint density at radius 2 is 2.27 bits per heavy atom. The van der Waals surface area contributed by atoms with Gasteiger partial charge in [0.2, 0.25) is 0 Å². The maximum atomic E-state index is 12.3. The van der Waals surface area contributed by atoms with Crippen molar-refractivity contribution in [1.29, 1.82) is 5.26 Å². The molecule has 0 aliphatic heterocycles. The van der Waals surface area contributed by atoms with E-state index in [1.807, 2.05) is 0 Å². The van der Waals surface area contributed by atoms with Crippen LogP contribution in [0.2, 0.25) is 0 Å². The molecule has 8 heteroatoms. The molecule has 0 bridgehead atoms. The molecule has 0 aliphatic rings. The first-order valence-corrected chi connectivity index (χ1v) is 3.60. The Bertz CT molecular complexity index is 455. The van der Waals surface area contributed by atoms with Crippen molar-refractivity contribution < 1.29 is 13.7 Å². The molecule has 0 radical (unpaired) electrons. The van der Waals surface area contributed by atoms with Crippen LogP contribution in [0.15, 0.2) is 6.20 Å². The van der Waals surface area contributed by atoms with Crippen LogP contribution in [-0.2, 0) is 0 Å². The largest absolute Gasteiger partial charge is 0.391 e. The Balaban J connectivity index is 3.51. The molecule has 2 N–H and O–H groups in total. The second kappa shape index (κ2) is 3.83. The number of hydrogen-bond donors (Lipinski definition) is 1. The highest BCUT2D eigenvalue weighted by atomic mass is 19.3. The van der Waals surface area contributed by atoms with Gasteiger partial charge in [0.15, 0.2) is 5.56 Å². The van der Waals surface area contributed by atoms with Crippen molar-refractivity contribution in [1.82, 2.24) is 4.98 Å². The van der Waals surface area contributed by atoms with Crippen LogP contribution < -0.4 is 5.73 Å². The molecule has 0 saturated carbocycles. The van der Waals surface area contributed by atoms with Crippen LogP contribution in [0.3, 0.4) is 0 Å². The Labute approximate surface area is 82.1 Å². The molecule has 0 fully saturated rings. The Kier molecular flexibility index (Phi) is 2.75. The third-order valence-electron chi connectivity index (χ3n) is 1.63. The van der Waals surface area contributed by atoms with Gasteiger partial charge >= 0.3 is 5.69 Å². The molecule has 0 unspecified atom stereocenters. The standard InChI is InChI=1S/C7H4F2N4O2/c8-7(9)5-4(11)6(13(14)15)3(1-10)2-12-5/h2,7H,11H2. The van der Waals surface area contributed by atoms with Crippen molar-refractivity contribution in [2.75, 3.05) is 5.73 Å². The summed E-state index contributed by atoms with van der Waals surface area (Å²) in [7, 11) is 0. The van der Waals surface area contributed by atoms with Gasteiger partial charge in [0.05, 0.1) is 11.1 Å². The molecule has 15 heavy (non-hydrogen) atoms. The Morgan fingerprint density at radius 3 is 2.67 bits per heavy atom. The number of nitrogens with two attached hydrogens (primary N) is 1. The van der Waals surface area contributed by atoms with E-state index in [1.54, 1.807) is 0 Å². The average Bonchev–Trinajstić information content (AvgIpc) is 2.15. The summed E-state index contributed by atoms with van der Waals surface area (Å²) in [4.78, 5) is 12.7. The summed E-state index contributed by atoms with van der Waals surface area (Å²) in [5.74, 6) is 0. The maximum Gasteiger partial charge on any atom is 0.313 e. The van der Waals surface area contributed by atoms with Gasteiger partial charge in [-0.3, -0.25) is 15.1 Å². The molecule has 6 nitrogen and oxygen atoms in total. The van der Waals surface area contributed by atoms with Gasteiger partial charge in [0.25, 0.3) is 6.43 Å². The third kappa shape index (κ3) is 1.80. The van der Waals surface area contributed by atoms with Crippen molar-refractivity contribution in [2.45, 2.75) is 6.43 Å². The third-order valence-corrected chi connectivity index (χ3v) is 1.63. The summed E-state index contributed by atoms with van der Waals surface area (Å²) in [6.07, 6.45) is -2.31. The monoisotopic (exact) mass is 214 g/mol. The van der Waals surface area contributed by atoms with Gasteiger partial charge in [-0.2, -0.15) is 5.26 Å². The summed E-state index contributed by atoms with van der Waals surface area (Å²) < 4.78 is 24.5.